The fourth-order valence-corrected chi connectivity index (χ4v) is 3.35. The largest absolute Gasteiger partial charge is 0.494 e. The van der Waals surface area contributed by atoms with Gasteiger partial charge in [-0.05, 0) is 31.2 Å². The van der Waals surface area contributed by atoms with Crippen molar-refractivity contribution in [3.63, 3.8) is 0 Å². The van der Waals surface area contributed by atoms with Crippen LogP contribution in [-0.2, 0) is 0 Å². The minimum Gasteiger partial charge on any atom is -0.494 e. The van der Waals surface area contributed by atoms with Gasteiger partial charge in [0.05, 0.1) is 29.7 Å². The van der Waals surface area contributed by atoms with Gasteiger partial charge in [-0.25, -0.2) is 0 Å². The summed E-state index contributed by atoms with van der Waals surface area (Å²) in [6.07, 6.45) is 3.79. The molecule has 0 radical (unpaired) electrons. The van der Waals surface area contributed by atoms with E-state index >= 15 is 0 Å². The van der Waals surface area contributed by atoms with Gasteiger partial charge in [-0.15, -0.1) is 0 Å². The molecular weight excluding hydrogens is 412 g/mol. The van der Waals surface area contributed by atoms with Crippen LogP contribution in [0.25, 0.3) is 11.0 Å². The first-order valence-corrected chi connectivity index (χ1v) is 9.75. The lowest BCUT2D eigenvalue weighted by molar-refractivity contribution is 0.0992. The van der Waals surface area contributed by atoms with Crippen molar-refractivity contribution in [2.75, 3.05) is 42.3 Å². The third-order valence-electron chi connectivity index (χ3n) is 4.82. The molecule has 0 saturated carbocycles. The second-order valence-electron chi connectivity index (χ2n) is 7.09. The maximum absolute atomic E-state index is 11.7. The molecule has 32 heavy (non-hydrogen) atoms. The number of fused-ring (bicyclic) bond motifs is 1. The fourth-order valence-electron chi connectivity index (χ4n) is 3.35. The van der Waals surface area contributed by atoms with E-state index in [1.165, 1.54) is 25.3 Å². The zero-order valence-corrected chi connectivity index (χ0v) is 17.8. The van der Waals surface area contributed by atoms with Crippen molar-refractivity contribution in [1.82, 2.24) is 0 Å². The Morgan fingerprint density at radius 1 is 0.969 bits per heavy atom. The summed E-state index contributed by atoms with van der Waals surface area (Å²) < 4.78 is 10.9. The molecule has 0 fully saturated rings. The minimum atomic E-state index is -0.605. The van der Waals surface area contributed by atoms with Crippen molar-refractivity contribution >= 4 is 45.5 Å². The summed E-state index contributed by atoms with van der Waals surface area (Å²) in [5.41, 5.74) is 25.8. The number of benzene rings is 2. The van der Waals surface area contributed by atoms with Crippen LogP contribution in [0.15, 0.2) is 40.8 Å². The lowest BCUT2D eigenvalue weighted by atomic mass is 10.1. The number of amides is 2. The van der Waals surface area contributed by atoms with Gasteiger partial charge in [0.1, 0.15) is 22.8 Å². The van der Waals surface area contributed by atoms with Crippen LogP contribution in [0.3, 0.4) is 0 Å². The van der Waals surface area contributed by atoms with E-state index in [1.807, 2.05) is 12.2 Å². The summed E-state index contributed by atoms with van der Waals surface area (Å²) in [4.78, 5) is 23.1. The smallest absolute Gasteiger partial charge is 0.252 e. The van der Waals surface area contributed by atoms with Crippen LogP contribution >= 0.6 is 0 Å². The molecule has 10 N–H and O–H groups in total. The number of nitrogens with two attached hydrogens (primary N) is 4. The van der Waals surface area contributed by atoms with E-state index in [2.05, 4.69) is 10.6 Å². The third kappa shape index (κ3) is 4.53. The van der Waals surface area contributed by atoms with E-state index in [0.717, 1.165) is 0 Å². The zero-order valence-electron chi connectivity index (χ0n) is 17.8. The highest BCUT2D eigenvalue weighted by molar-refractivity contribution is 6.10. The number of carbonyl (C=O) groups is 2. The molecule has 2 amide bonds. The molecular formula is C22H26N6O4. The Kier molecular flexibility index (Phi) is 6.43. The Bertz CT molecular complexity index is 1220. The fraction of sp³-hybridized carbons (Fsp3) is 0.182. The molecule has 1 aromatic heterocycles. The molecule has 0 unspecified atom stereocenters. The van der Waals surface area contributed by atoms with E-state index in [1.54, 1.807) is 13.0 Å². The number of ether oxygens (including phenoxy) is 1. The van der Waals surface area contributed by atoms with Crippen LogP contribution in [0.2, 0.25) is 0 Å². The number of nitrogens with one attached hydrogen (secondary N) is 2. The molecule has 0 bridgehead atoms. The topological polar surface area (TPSA) is 185 Å². The highest BCUT2D eigenvalue weighted by Gasteiger charge is 2.17. The SMILES string of the molecule is COc1cc(C(N)=O)cc(N)c1NC/C=C/CNc1c(N)cc(C(N)=O)c2oc(C)cc12. The number of hydrogen-bond donors (Lipinski definition) is 6. The Morgan fingerprint density at radius 2 is 1.59 bits per heavy atom. The molecule has 0 aliphatic rings. The molecule has 3 rings (SSSR count). The molecule has 2 aromatic carbocycles. The van der Waals surface area contributed by atoms with Crippen LogP contribution in [0.5, 0.6) is 5.75 Å². The molecule has 0 saturated heterocycles. The normalized spacial score (nSPS) is 11.1. The van der Waals surface area contributed by atoms with Crippen molar-refractivity contribution < 1.29 is 18.7 Å². The Hall–Kier alpha value is -4.34. The summed E-state index contributed by atoms with van der Waals surface area (Å²) in [6, 6.07) is 6.33. The van der Waals surface area contributed by atoms with Gasteiger partial charge in [0.15, 0.2) is 0 Å². The first kappa shape index (κ1) is 22.3. The van der Waals surface area contributed by atoms with Gasteiger partial charge in [-0.2, -0.15) is 0 Å². The first-order valence-electron chi connectivity index (χ1n) is 9.75. The molecule has 0 aliphatic heterocycles. The van der Waals surface area contributed by atoms with E-state index < -0.39 is 11.8 Å². The van der Waals surface area contributed by atoms with Crippen LogP contribution in [0.1, 0.15) is 26.5 Å². The summed E-state index contributed by atoms with van der Waals surface area (Å²) in [7, 11) is 1.48. The lowest BCUT2D eigenvalue weighted by Gasteiger charge is -2.14. The molecule has 10 heteroatoms. The number of hydrogen-bond acceptors (Lipinski definition) is 8. The van der Waals surface area contributed by atoms with Crippen LogP contribution in [-0.4, -0.2) is 32.0 Å². The standard InChI is InChI=1S/C22H26N6O4/c1-11-7-13-18(16(24)10-14(22(26)30)20(13)32-11)27-5-3-4-6-28-19-15(23)8-12(21(25)29)9-17(19)31-2/h3-4,7-10,27-28H,5-6,23-24H2,1-2H3,(H2,25,29)(H2,26,30)/b4-3+. The molecule has 1 heterocycles. The Morgan fingerprint density at radius 3 is 2.19 bits per heavy atom. The lowest BCUT2D eigenvalue weighted by Crippen LogP contribution is -2.13. The second kappa shape index (κ2) is 9.21. The quantitative estimate of drug-likeness (QED) is 0.217. The van der Waals surface area contributed by atoms with Gasteiger partial charge in [0, 0.05) is 24.0 Å². The van der Waals surface area contributed by atoms with Gasteiger partial charge in [-0.1, -0.05) is 12.2 Å². The summed E-state index contributed by atoms with van der Waals surface area (Å²) in [5, 5.41) is 7.08. The van der Waals surface area contributed by atoms with Crippen molar-refractivity contribution in [2.24, 2.45) is 11.5 Å². The van der Waals surface area contributed by atoms with Crippen molar-refractivity contribution in [3.8, 4) is 5.75 Å². The zero-order chi connectivity index (χ0) is 23.4. The number of methoxy groups -OCH3 is 1. The van der Waals surface area contributed by atoms with Crippen LogP contribution in [0, 0.1) is 6.92 Å². The van der Waals surface area contributed by atoms with E-state index in [-0.39, 0.29) is 11.1 Å². The average Bonchev–Trinajstić information content (AvgIpc) is 3.12. The van der Waals surface area contributed by atoms with Gasteiger partial charge >= 0.3 is 0 Å². The number of nitrogen functional groups attached to an aromatic ring is 2. The number of carbonyl (C=O) groups excluding carboxylic acids is 2. The minimum absolute atomic E-state index is 0.241. The highest BCUT2D eigenvalue weighted by atomic mass is 16.5. The second-order valence-corrected chi connectivity index (χ2v) is 7.09. The highest BCUT2D eigenvalue weighted by Crippen LogP contribution is 2.35. The molecule has 0 spiro atoms. The molecule has 3 aromatic rings. The van der Waals surface area contributed by atoms with E-state index in [9.17, 15) is 9.59 Å². The van der Waals surface area contributed by atoms with E-state index in [0.29, 0.717) is 58.3 Å². The number of anilines is 4. The monoisotopic (exact) mass is 438 g/mol. The van der Waals surface area contributed by atoms with Gasteiger partial charge in [0.25, 0.3) is 5.91 Å². The molecule has 0 atom stereocenters. The van der Waals surface area contributed by atoms with Crippen molar-refractivity contribution in [1.29, 1.82) is 0 Å². The number of aryl methyl sites for hydroxylation is 1. The van der Waals surface area contributed by atoms with Gasteiger partial charge < -0.3 is 42.7 Å². The Labute approximate surface area is 184 Å². The molecule has 168 valence electrons. The van der Waals surface area contributed by atoms with E-state index in [4.69, 9.17) is 32.1 Å². The van der Waals surface area contributed by atoms with Gasteiger partial charge in [0.2, 0.25) is 5.91 Å². The summed E-state index contributed by atoms with van der Waals surface area (Å²) in [5.74, 6) is -0.125. The maximum Gasteiger partial charge on any atom is 0.252 e. The third-order valence-corrected chi connectivity index (χ3v) is 4.82. The maximum atomic E-state index is 11.7. The number of primary amides is 2. The average molecular weight is 438 g/mol. The van der Waals surface area contributed by atoms with Crippen molar-refractivity contribution in [2.45, 2.75) is 6.92 Å². The molecule has 10 nitrogen and oxygen atoms in total. The van der Waals surface area contributed by atoms with Crippen LogP contribution < -0.4 is 38.3 Å². The van der Waals surface area contributed by atoms with Gasteiger partial charge in [-0.3, -0.25) is 9.59 Å². The van der Waals surface area contributed by atoms with Crippen LogP contribution in [0.4, 0.5) is 22.7 Å². The summed E-state index contributed by atoms with van der Waals surface area (Å²) in [6.45, 7) is 2.70. The molecule has 0 aliphatic carbocycles. The van der Waals surface area contributed by atoms with Crippen molar-refractivity contribution in [3.05, 3.63) is 53.3 Å². The summed E-state index contributed by atoms with van der Waals surface area (Å²) >= 11 is 0. The predicted octanol–water partition coefficient (Wildman–Crippen LogP) is 2.19. The first-order chi connectivity index (χ1) is 15.2. The predicted molar refractivity (Wildman–Crippen MR) is 126 cm³/mol. The Balaban J connectivity index is 1.67. The number of rotatable bonds is 9. The number of furan rings is 1.